The van der Waals surface area contributed by atoms with Gasteiger partial charge < -0.3 is 10.1 Å². The number of ether oxygens (including phenoxy) is 1. The number of hydrogen-bond acceptors (Lipinski definition) is 4. The van der Waals surface area contributed by atoms with Gasteiger partial charge in [-0.05, 0) is 56.7 Å². The first-order valence-electron chi connectivity index (χ1n) is 9.37. The van der Waals surface area contributed by atoms with E-state index < -0.39 is 10.0 Å². The summed E-state index contributed by atoms with van der Waals surface area (Å²) in [7, 11) is -3.46. The van der Waals surface area contributed by atoms with Gasteiger partial charge in [-0.25, -0.2) is 8.42 Å². The highest BCUT2D eigenvalue weighted by Gasteiger charge is 2.18. The van der Waals surface area contributed by atoms with E-state index in [0.717, 1.165) is 17.6 Å². The number of carbonyl (C=O) groups is 1. The van der Waals surface area contributed by atoms with Crippen LogP contribution in [0.5, 0.6) is 5.75 Å². The van der Waals surface area contributed by atoms with Crippen LogP contribution in [0.15, 0.2) is 48.5 Å². The van der Waals surface area contributed by atoms with Crippen LogP contribution in [-0.2, 0) is 14.8 Å². The van der Waals surface area contributed by atoms with E-state index in [1.165, 1.54) is 4.31 Å². The van der Waals surface area contributed by atoms with E-state index in [-0.39, 0.29) is 24.9 Å². The second-order valence-corrected chi connectivity index (χ2v) is 9.35. The molecule has 2 aromatic carbocycles. The molecule has 2 rings (SSSR count). The standard InChI is InChI=1S/C21H27ClN2O4S/c1-16-6-12-20(13-7-16)28-15-17(2)23-21(25)5-4-14-24(29(3,26)27)19-10-8-18(22)9-11-19/h6-13,17H,4-5,14-15H2,1-3H3,(H,23,25). The smallest absolute Gasteiger partial charge is 0.232 e. The van der Waals surface area contributed by atoms with E-state index in [0.29, 0.717) is 23.7 Å². The molecular weight excluding hydrogens is 412 g/mol. The maximum absolute atomic E-state index is 12.2. The zero-order valence-corrected chi connectivity index (χ0v) is 18.5. The number of anilines is 1. The zero-order valence-electron chi connectivity index (χ0n) is 16.9. The number of benzene rings is 2. The first kappa shape index (κ1) is 23.0. The molecule has 0 saturated carbocycles. The van der Waals surface area contributed by atoms with Crippen molar-refractivity contribution in [3.8, 4) is 5.75 Å². The van der Waals surface area contributed by atoms with Crippen molar-refractivity contribution in [2.75, 3.05) is 23.7 Å². The van der Waals surface area contributed by atoms with Crippen LogP contribution in [0.4, 0.5) is 5.69 Å². The van der Waals surface area contributed by atoms with Gasteiger partial charge in [0.2, 0.25) is 15.9 Å². The minimum Gasteiger partial charge on any atom is -0.491 e. The second-order valence-electron chi connectivity index (χ2n) is 7.01. The molecule has 0 radical (unpaired) electrons. The third-order valence-electron chi connectivity index (χ3n) is 4.21. The Bertz CT molecular complexity index is 899. The van der Waals surface area contributed by atoms with Gasteiger partial charge in [-0.3, -0.25) is 9.10 Å². The molecule has 158 valence electrons. The number of nitrogens with one attached hydrogen (secondary N) is 1. The fourth-order valence-electron chi connectivity index (χ4n) is 2.72. The number of rotatable bonds is 10. The summed E-state index contributed by atoms with van der Waals surface area (Å²) in [5, 5.41) is 3.40. The normalized spacial score (nSPS) is 12.3. The molecule has 0 bridgehead atoms. The quantitative estimate of drug-likeness (QED) is 0.612. The molecule has 0 aromatic heterocycles. The van der Waals surface area contributed by atoms with Crippen molar-refractivity contribution in [3.05, 3.63) is 59.1 Å². The molecule has 29 heavy (non-hydrogen) atoms. The van der Waals surface area contributed by atoms with Gasteiger partial charge in [-0.15, -0.1) is 0 Å². The van der Waals surface area contributed by atoms with Gasteiger partial charge >= 0.3 is 0 Å². The maximum Gasteiger partial charge on any atom is 0.232 e. The molecule has 0 aliphatic rings. The lowest BCUT2D eigenvalue weighted by atomic mass is 10.2. The van der Waals surface area contributed by atoms with E-state index in [9.17, 15) is 13.2 Å². The molecule has 6 nitrogen and oxygen atoms in total. The molecule has 1 atom stereocenters. The van der Waals surface area contributed by atoms with E-state index in [1.807, 2.05) is 38.1 Å². The average Bonchev–Trinajstić information content (AvgIpc) is 2.65. The molecule has 0 aliphatic heterocycles. The Morgan fingerprint density at radius 2 is 1.76 bits per heavy atom. The lowest BCUT2D eigenvalue weighted by Crippen LogP contribution is -2.37. The molecule has 0 spiro atoms. The van der Waals surface area contributed by atoms with Gasteiger partial charge in [-0.1, -0.05) is 29.3 Å². The summed E-state index contributed by atoms with van der Waals surface area (Å²) in [4.78, 5) is 12.2. The van der Waals surface area contributed by atoms with Gasteiger partial charge in [-0.2, -0.15) is 0 Å². The topological polar surface area (TPSA) is 75.7 Å². The van der Waals surface area contributed by atoms with Crippen molar-refractivity contribution >= 4 is 33.2 Å². The van der Waals surface area contributed by atoms with Gasteiger partial charge in [0.15, 0.2) is 0 Å². The summed E-state index contributed by atoms with van der Waals surface area (Å²) in [5.74, 6) is 0.609. The lowest BCUT2D eigenvalue weighted by molar-refractivity contribution is -0.121. The molecular formula is C21H27ClN2O4S. The highest BCUT2D eigenvalue weighted by Crippen LogP contribution is 2.21. The Kier molecular flexibility index (Phi) is 8.34. The number of sulfonamides is 1. The van der Waals surface area contributed by atoms with Crippen molar-refractivity contribution in [2.45, 2.75) is 32.7 Å². The molecule has 2 aromatic rings. The molecule has 8 heteroatoms. The maximum atomic E-state index is 12.2. The predicted octanol–water partition coefficient (Wildman–Crippen LogP) is 3.78. The zero-order chi connectivity index (χ0) is 21.4. The van der Waals surface area contributed by atoms with Crippen molar-refractivity contribution in [3.63, 3.8) is 0 Å². The first-order valence-corrected chi connectivity index (χ1v) is 11.6. The third-order valence-corrected chi connectivity index (χ3v) is 5.65. The summed E-state index contributed by atoms with van der Waals surface area (Å²) in [6, 6.07) is 14.1. The molecule has 0 heterocycles. The monoisotopic (exact) mass is 438 g/mol. The fourth-order valence-corrected chi connectivity index (χ4v) is 3.81. The minimum atomic E-state index is -3.46. The molecule has 1 amide bonds. The highest BCUT2D eigenvalue weighted by molar-refractivity contribution is 7.92. The Morgan fingerprint density at radius 1 is 1.14 bits per heavy atom. The fraction of sp³-hybridized carbons (Fsp3) is 0.381. The van der Waals surface area contributed by atoms with Crippen molar-refractivity contribution in [1.29, 1.82) is 0 Å². The van der Waals surface area contributed by atoms with Crippen molar-refractivity contribution in [1.82, 2.24) is 5.32 Å². The molecule has 0 fully saturated rings. The number of hydrogen-bond donors (Lipinski definition) is 1. The molecule has 1 N–H and O–H groups in total. The summed E-state index contributed by atoms with van der Waals surface area (Å²) in [6.45, 7) is 4.43. The summed E-state index contributed by atoms with van der Waals surface area (Å²) < 4.78 is 31.1. The summed E-state index contributed by atoms with van der Waals surface area (Å²) in [5.41, 5.74) is 1.68. The van der Waals surface area contributed by atoms with Gasteiger partial charge in [0.1, 0.15) is 12.4 Å². The van der Waals surface area contributed by atoms with Crippen LogP contribution in [0.1, 0.15) is 25.3 Å². The number of carbonyl (C=O) groups excluding carboxylic acids is 1. The Hall–Kier alpha value is -2.25. The van der Waals surface area contributed by atoms with Gasteiger partial charge in [0, 0.05) is 18.0 Å². The van der Waals surface area contributed by atoms with Crippen LogP contribution in [0, 0.1) is 6.92 Å². The summed E-state index contributed by atoms with van der Waals surface area (Å²) >= 11 is 5.87. The SMILES string of the molecule is Cc1ccc(OCC(C)NC(=O)CCCN(c2ccc(Cl)cc2)S(C)(=O)=O)cc1. The van der Waals surface area contributed by atoms with E-state index in [4.69, 9.17) is 16.3 Å². The van der Waals surface area contributed by atoms with Crippen LogP contribution in [-0.4, -0.2) is 39.8 Å². The van der Waals surface area contributed by atoms with Crippen LogP contribution in [0.25, 0.3) is 0 Å². The van der Waals surface area contributed by atoms with Crippen molar-refractivity contribution in [2.24, 2.45) is 0 Å². The highest BCUT2D eigenvalue weighted by atomic mass is 35.5. The first-order chi connectivity index (χ1) is 13.6. The van der Waals surface area contributed by atoms with Gasteiger partial charge in [0.25, 0.3) is 0 Å². The third kappa shape index (κ3) is 7.95. The average molecular weight is 439 g/mol. The minimum absolute atomic E-state index is 0.144. The van der Waals surface area contributed by atoms with Crippen LogP contribution < -0.4 is 14.4 Å². The van der Waals surface area contributed by atoms with Crippen LogP contribution >= 0.6 is 11.6 Å². The Morgan fingerprint density at radius 3 is 2.34 bits per heavy atom. The van der Waals surface area contributed by atoms with Crippen LogP contribution in [0.3, 0.4) is 0 Å². The number of aryl methyl sites for hydroxylation is 1. The number of amides is 1. The Labute approximate surface area is 177 Å². The van der Waals surface area contributed by atoms with Crippen LogP contribution in [0.2, 0.25) is 5.02 Å². The largest absolute Gasteiger partial charge is 0.491 e. The van der Waals surface area contributed by atoms with Gasteiger partial charge in [0.05, 0.1) is 18.0 Å². The second kappa shape index (κ2) is 10.5. The molecule has 0 aliphatic carbocycles. The van der Waals surface area contributed by atoms with Crippen molar-refractivity contribution < 1.29 is 17.9 Å². The number of nitrogens with zero attached hydrogens (tertiary/aromatic N) is 1. The summed E-state index contributed by atoms with van der Waals surface area (Å²) in [6.07, 6.45) is 1.76. The lowest BCUT2D eigenvalue weighted by Gasteiger charge is -2.22. The molecule has 1 unspecified atom stereocenters. The molecule has 0 saturated heterocycles. The van der Waals surface area contributed by atoms with E-state index >= 15 is 0 Å². The van der Waals surface area contributed by atoms with E-state index in [2.05, 4.69) is 5.32 Å². The number of halogens is 1. The Balaban J connectivity index is 1.79. The van der Waals surface area contributed by atoms with E-state index in [1.54, 1.807) is 24.3 Å². The predicted molar refractivity (Wildman–Crippen MR) is 117 cm³/mol.